The van der Waals surface area contributed by atoms with Crippen LogP contribution in [0.25, 0.3) is 0 Å². The molecule has 68 valence electrons. The fourth-order valence-electron chi connectivity index (χ4n) is 0.935. The minimum Gasteiger partial charge on any atom is -0.198 e. The molecule has 0 aromatic heterocycles. The number of hydrogen-bond acceptors (Lipinski definition) is 2. The highest BCUT2D eigenvalue weighted by Crippen LogP contribution is 2.19. The lowest BCUT2D eigenvalue weighted by Gasteiger charge is -2.01. The third kappa shape index (κ3) is 4.00. The molecule has 0 saturated heterocycles. The van der Waals surface area contributed by atoms with Gasteiger partial charge in [-0.2, -0.15) is 5.26 Å². The van der Waals surface area contributed by atoms with E-state index < -0.39 is 0 Å². The first-order chi connectivity index (χ1) is 6.33. The molecule has 1 atom stereocenters. The molecule has 1 unspecified atom stereocenters. The summed E-state index contributed by atoms with van der Waals surface area (Å²) in [6.07, 6.45) is 0.968. The van der Waals surface area contributed by atoms with Gasteiger partial charge in [0.15, 0.2) is 0 Å². The average molecular weight is 191 g/mol. The molecule has 0 radical (unpaired) electrons. The second kappa shape index (κ2) is 5.66. The van der Waals surface area contributed by atoms with E-state index in [1.54, 1.807) is 0 Å². The summed E-state index contributed by atoms with van der Waals surface area (Å²) in [4.78, 5) is 1.28. The van der Waals surface area contributed by atoms with Crippen LogP contribution in [0.3, 0.4) is 0 Å². The molecule has 1 aromatic carbocycles. The third-order valence-corrected chi connectivity index (χ3v) is 2.83. The molecular weight excluding hydrogens is 178 g/mol. The van der Waals surface area contributed by atoms with Gasteiger partial charge in [-0.15, -0.1) is 11.8 Å². The molecule has 1 aromatic rings. The smallest absolute Gasteiger partial charge is 0.0653 e. The molecule has 0 spiro atoms. The monoisotopic (exact) mass is 191 g/mol. The molecule has 2 heteroatoms. The first-order valence-electron chi connectivity index (χ1n) is 4.40. The Morgan fingerprint density at radius 3 is 2.69 bits per heavy atom. The molecule has 0 heterocycles. The summed E-state index contributed by atoms with van der Waals surface area (Å²) in [6.45, 7) is 1.96. The molecule has 0 aliphatic carbocycles. The summed E-state index contributed by atoms with van der Waals surface area (Å²) < 4.78 is 0. The average Bonchev–Trinajstić information content (AvgIpc) is 2.19. The molecule has 13 heavy (non-hydrogen) atoms. The van der Waals surface area contributed by atoms with Crippen molar-refractivity contribution in [3.05, 3.63) is 30.3 Å². The van der Waals surface area contributed by atoms with Gasteiger partial charge in [-0.05, 0) is 31.2 Å². The first kappa shape index (κ1) is 10.1. The van der Waals surface area contributed by atoms with Crippen LogP contribution in [-0.2, 0) is 0 Å². The van der Waals surface area contributed by atoms with Crippen molar-refractivity contribution in [1.29, 1.82) is 5.26 Å². The van der Waals surface area contributed by atoms with E-state index in [0.717, 1.165) is 12.2 Å². The molecule has 0 aliphatic rings. The van der Waals surface area contributed by atoms with E-state index in [-0.39, 0.29) is 5.92 Å². The van der Waals surface area contributed by atoms with Crippen LogP contribution < -0.4 is 0 Å². The lowest BCUT2D eigenvalue weighted by molar-refractivity contribution is 0.720. The van der Waals surface area contributed by atoms with Gasteiger partial charge in [0.25, 0.3) is 0 Å². The Labute approximate surface area is 83.8 Å². The van der Waals surface area contributed by atoms with Crippen molar-refractivity contribution in [3.8, 4) is 6.07 Å². The van der Waals surface area contributed by atoms with Gasteiger partial charge in [0, 0.05) is 10.8 Å². The van der Waals surface area contributed by atoms with Gasteiger partial charge in [-0.25, -0.2) is 0 Å². The largest absolute Gasteiger partial charge is 0.198 e. The van der Waals surface area contributed by atoms with Gasteiger partial charge in [0.05, 0.1) is 6.07 Å². The Morgan fingerprint density at radius 2 is 2.08 bits per heavy atom. The number of hydrogen-bond donors (Lipinski definition) is 0. The standard InChI is InChI=1S/C11H13NS/c1-10(9-12)7-8-13-11-5-3-2-4-6-11/h2-6,10H,7-8H2,1H3. The summed E-state index contributed by atoms with van der Waals surface area (Å²) >= 11 is 1.81. The van der Waals surface area contributed by atoms with E-state index in [0.29, 0.717) is 0 Å². The van der Waals surface area contributed by atoms with E-state index in [4.69, 9.17) is 5.26 Å². The fraction of sp³-hybridized carbons (Fsp3) is 0.364. The summed E-state index contributed by atoms with van der Waals surface area (Å²) in [7, 11) is 0. The number of benzene rings is 1. The second-order valence-corrected chi connectivity index (χ2v) is 4.15. The fourth-order valence-corrected chi connectivity index (χ4v) is 1.99. The number of nitrogens with zero attached hydrogens (tertiary/aromatic N) is 1. The van der Waals surface area contributed by atoms with Crippen molar-refractivity contribution >= 4 is 11.8 Å². The zero-order valence-corrected chi connectivity index (χ0v) is 8.55. The van der Waals surface area contributed by atoms with Crippen LogP contribution >= 0.6 is 11.8 Å². The topological polar surface area (TPSA) is 23.8 Å². The highest BCUT2D eigenvalue weighted by atomic mass is 32.2. The van der Waals surface area contributed by atoms with E-state index in [1.165, 1.54) is 4.90 Å². The summed E-state index contributed by atoms with van der Waals surface area (Å²) in [6, 6.07) is 12.5. The van der Waals surface area contributed by atoms with Crippen molar-refractivity contribution in [2.45, 2.75) is 18.2 Å². The Hall–Kier alpha value is -0.940. The van der Waals surface area contributed by atoms with Crippen molar-refractivity contribution < 1.29 is 0 Å². The second-order valence-electron chi connectivity index (χ2n) is 2.98. The van der Waals surface area contributed by atoms with Gasteiger partial charge in [0.2, 0.25) is 0 Å². The molecule has 0 amide bonds. The Bertz CT molecular complexity index is 276. The molecule has 1 rings (SSSR count). The molecule has 1 nitrogen and oxygen atoms in total. The number of rotatable bonds is 4. The summed E-state index contributed by atoms with van der Waals surface area (Å²) in [5.41, 5.74) is 0. The van der Waals surface area contributed by atoms with E-state index in [2.05, 4.69) is 18.2 Å². The van der Waals surface area contributed by atoms with Crippen molar-refractivity contribution in [3.63, 3.8) is 0 Å². The Balaban J connectivity index is 2.25. The minimum absolute atomic E-state index is 0.177. The van der Waals surface area contributed by atoms with Gasteiger partial charge in [-0.3, -0.25) is 0 Å². The van der Waals surface area contributed by atoms with E-state index in [1.807, 2.05) is 36.9 Å². The van der Waals surface area contributed by atoms with Crippen LogP contribution in [0.2, 0.25) is 0 Å². The maximum atomic E-state index is 8.57. The van der Waals surface area contributed by atoms with Crippen LogP contribution in [0, 0.1) is 17.2 Å². The van der Waals surface area contributed by atoms with E-state index >= 15 is 0 Å². The van der Waals surface area contributed by atoms with Crippen molar-refractivity contribution in [1.82, 2.24) is 0 Å². The van der Waals surface area contributed by atoms with Gasteiger partial charge in [0.1, 0.15) is 0 Å². The van der Waals surface area contributed by atoms with Gasteiger partial charge in [-0.1, -0.05) is 18.2 Å². The van der Waals surface area contributed by atoms with Gasteiger partial charge >= 0.3 is 0 Å². The van der Waals surface area contributed by atoms with Crippen LogP contribution in [0.15, 0.2) is 35.2 Å². The zero-order valence-electron chi connectivity index (χ0n) is 7.73. The minimum atomic E-state index is 0.177. The zero-order chi connectivity index (χ0) is 9.52. The van der Waals surface area contributed by atoms with Crippen molar-refractivity contribution in [2.75, 3.05) is 5.75 Å². The summed E-state index contributed by atoms with van der Waals surface area (Å²) in [5.74, 6) is 1.20. The maximum Gasteiger partial charge on any atom is 0.0653 e. The lowest BCUT2D eigenvalue weighted by atomic mass is 10.1. The molecule has 0 N–H and O–H groups in total. The van der Waals surface area contributed by atoms with Gasteiger partial charge < -0.3 is 0 Å². The molecule has 0 fully saturated rings. The number of thioether (sulfide) groups is 1. The predicted molar refractivity (Wildman–Crippen MR) is 56.6 cm³/mol. The number of nitriles is 1. The molecule has 0 saturated carbocycles. The Morgan fingerprint density at radius 1 is 1.38 bits per heavy atom. The van der Waals surface area contributed by atoms with Crippen LogP contribution in [0.4, 0.5) is 0 Å². The summed E-state index contributed by atoms with van der Waals surface area (Å²) in [5, 5.41) is 8.57. The first-order valence-corrected chi connectivity index (χ1v) is 5.39. The van der Waals surface area contributed by atoms with E-state index in [9.17, 15) is 0 Å². The SMILES string of the molecule is CC(C#N)CCSc1ccccc1. The lowest BCUT2D eigenvalue weighted by Crippen LogP contribution is -1.91. The molecular formula is C11H13NS. The van der Waals surface area contributed by atoms with Crippen LogP contribution in [0.5, 0.6) is 0 Å². The molecule has 0 aliphatic heterocycles. The van der Waals surface area contributed by atoms with Crippen molar-refractivity contribution in [2.24, 2.45) is 5.92 Å². The quantitative estimate of drug-likeness (QED) is 0.682. The highest BCUT2D eigenvalue weighted by molar-refractivity contribution is 7.99. The highest BCUT2D eigenvalue weighted by Gasteiger charge is 1.99. The van der Waals surface area contributed by atoms with Crippen LogP contribution in [-0.4, -0.2) is 5.75 Å². The van der Waals surface area contributed by atoms with Crippen LogP contribution in [0.1, 0.15) is 13.3 Å². The molecule has 0 bridgehead atoms. The normalized spacial score (nSPS) is 12.0. The Kier molecular flexibility index (Phi) is 4.42. The predicted octanol–water partition coefficient (Wildman–Crippen LogP) is 3.33. The maximum absolute atomic E-state index is 8.57. The third-order valence-electron chi connectivity index (χ3n) is 1.78.